The van der Waals surface area contributed by atoms with E-state index < -0.39 is 20.5 Å². The lowest BCUT2D eigenvalue weighted by Gasteiger charge is -2.11. The minimum Gasteiger partial charge on any atom is -0.326 e. The van der Waals surface area contributed by atoms with Crippen LogP contribution in [0.2, 0.25) is 0 Å². The van der Waals surface area contributed by atoms with E-state index in [2.05, 4.69) is 15.8 Å². The van der Waals surface area contributed by atoms with Crippen LogP contribution in [0.3, 0.4) is 0 Å². The highest BCUT2D eigenvalue weighted by molar-refractivity contribution is 7.93. The van der Waals surface area contributed by atoms with Crippen LogP contribution in [0, 0.1) is 6.92 Å². The summed E-state index contributed by atoms with van der Waals surface area (Å²) in [5.74, 6) is -0.525. The molecule has 24 heavy (non-hydrogen) atoms. The Morgan fingerprint density at radius 3 is 2.58 bits per heavy atom. The van der Waals surface area contributed by atoms with Crippen LogP contribution in [0.5, 0.6) is 0 Å². The normalized spacial score (nSPS) is 12.5. The van der Waals surface area contributed by atoms with E-state index in [-0.39, 0.29) is 16.0 Å². The first-order valence-corrected chi connectivity index (χ1v) is 8.94. The monoisotopic (exact) mass is 369 g/mol. The SMILES string of the molecule is Cc1cc(C(=O)NNc2cccc(S(=O)(=O)C(C)Cl)c2)cc(=O)[nH]1. The third-order valence-electron chi connectivity index (χ3n) is 3.15. The van der Waals surface area contributed by atoms with Crippen molar-refractivity contribution in [3.8, 4) is 0 Å². The molecule has 0 spiro atoms. The molecule has 0 fully saturated rings. The fraction of sp³-hybridized carbons (Fsp3) is 0.200. The number of rotatable bonds is 5. The van der Waals surface area contributed by atoms with Crippen molar-refractivity contribution in [2.75, 3.05) is 5.43 Å². The van der Waals surface area contributed by atoms with E-state index in [1.807, 2.05) is 0 Å². The number of carbonyl (C=O) groups excluding carboxylic acids is 1. The summed E-state index contributed by atoms with van der Waals surface area (Å²) in [5.41, 5.74) is 5.74. The Bertz CT molecular complexity index is 922. The first-order chi connectivity index (χ1) is 11.2. The molecule has 1 atom stereocenters. The molecule has 1 aromatic carbocycles. The second-order valence-corrected chi connectivity index (χ2v) is 8.29. The number of hydrazine groups is 1. The van der Waals surface area contributed by atoms with Gasteiger partial charge in [0, 0.05) is 17.3 Å². The first-order valence-electron chi connectivity index (χ1n) is 6.95. The highest BCUT2D eigenvalue weighted by Crippen LogP contribution is 2.21. The third kappa shape index (κ3) is 4.15. The predicted molar refractivity (Wildman–Crippen MR) is 91.8 cm³/mol. The molecule has 3 N–H and O–H groups in total. The zero-order valence-electron chi connectivity index (χ0n) is 13.0. The number of hydrogen-bond acceptors (Lipinski definition) is 5. The molecule has 0 saturated carbocycles. The maximum Gasteiger partial charge on any atom is 0.269 e. The summed E-state index contributed by atoms with van der Waals surface area (Å²) in [6, 6.07) is 8.58. The molecule has 0 saturated heterocycles. The molecule has 1 heterocycles. The lowest BCUT2D eigenvalue weighted by atomic mass is 10.2. The van der Waals surface area contributed by atoms with Crippen LogP contribution in [0.1, 0.15) is 23.0 Å². The highest BCUT2D eigenvalue weighted by atomic mass is 35.5. The van der Waals surface area contributed by atoms with E-state index in [1.54, 1.807) is 13.0 Å². The smallest absolute Gasteiger partial charge is 0.269 e. The minimum atomic E-state index is -3.63. The number of aromatic nitrogens is 1. The molecule has 0 radical (unpaired) electrons. The molecule has 0 aliphatic rings. The Kier molecular flexibility index (Phi) is 5.30. The Morgan fingerprint density at radius 1 is 1.25 bits per heavy atom. The molecule has 9 heteroatoms. The Labute approximate surface area is 143 Å². The van der Waals surface area contributed by atoms with E-state index >= 15 is 0 Å². The second-order valence-electron chi connectivity index (χ2n) is 5.11. The molecule has 2 aromatic rings. The van der Waals surface area contributed by atoms with Crippen molar-refractivity contribution < 1.29 is 13.2 Å². The molecule has 2 rings (SSSR count). The van der Waals surface area contributed by atoms with Crippen LogP contribution in [-0.2, 0) is 9.84 Å². The van der Waals surface area contributed by atoms with E-state index in [9.17, 15) is 18.0 Å². The van der Waals surface area contributed by atoms with Gasteiger partial charge in [0.1, 0.15) is 4.71 Å². The van der Waals surface area contributed by atoms with Gasteiger partial charge in [0.15, 0.2) is 9.84 Å². The van der Waals surface area contributed by atoms with Gasteiger partial charge >= 0.3 is 0 Å². The third-order valence-corrected chi connectivity index (χ3v) is 5.62. The van der Waals surface area contributed by atoms with Gasteiger partial charge in [0.2, 0.25) is 5.56 Å². The van der Waals surface area contributed by atoms with Gasteiger partial charge in [-0.3, -0.25) is 20.4 Å². The number of hydrogen-bond donors (Lipinski definition) is 3. The van der Waals surface area contributed by atoms with Crippen molar-refractivity contribution >= 4 is 33.0 Å². The molecule has 1 unspecified atom stereocenters. The Morgan fingerprint density at radius 2 is 1.96 bits per heavy atom. The van der Waals surface area contributed by atoms with Crippen molar-refractivity contribution in [3.05, 3.63) is 58.0 Å². The van der Waals surface area contributed by atoms with Crippen molar-refractivity contribution in [3.63, 3.8) is 0 Å². The number of aryl methyl sites for hydroxylation is 1. The van der Waals surface area contributed by atoms with E-state index in [0.29, 0.717) is 11.4 Å². The summed E-state index contributed by atoms with van der Waals surface area (Å²) in [6.45, 7) is 3.03. The summed E-state index contributed by atoms with van der Waals surface area (Å²) < 4.78 is 23.0. The molecule has 1 amide bonds. The molecule has 7 nitrogen and oxygen atoms in total. The number of carbonyl (C=O) groups is 1. The molecule has 0 aliphatic heterocycles. The van der Waals surface area contributed by atoms with Gasteiger partial charge < -0.3 is 4.98 Å². The summed E-state index contributed by atoms with van der Waals surface area (Å²) in [5, 5.41) is 0. The van der Waals surface area contributed by atoms with Gasteiger partial charge in [-0.2, -0.15) is 0 Å². The highest BCUT2D eigenvalue weighted by Gasteiger charge is 2.21. The average molecular weight is 370 g/mol. The largest absolute Gasteiger partial charge is 0.326 e. The van der Waals surface area contributed by atoms with Gasteiger partial charge in [0.05, 0.1) is 10.6 Å². The topological polar surface area (TPSA) is 108 Å². The number of alkyl halides is 1. The number of aromatic amines is 1. The standard InChI is InChI=1S/C15H16ClN3O4S/c1-9-6-11(7-14(20)17-9)15(21)19-18-12-4-3-5-13(8-12)24(22,23)10(2)16/h3-8,10,18H,1-2H3,(H,17,20)(H,19,21). The maximum absolute atomic E-state index is 12.0. The number of nitrogens with one attached hydrogen (secondary N) is 3. The lowest BCUT2D eigenvalue weighted by Crippen LogP contribution is -2.30. The molecule has 128 valence electrons. The van der Waals surface area contributed by atoms with Gasteiger partial charge in [-0.15, -0.1) is 11.6 Å². The lowest BCUT2D eigenvalue weighted by molar-refractivity contribution is 0.0962. The zero-order valence-corrected chi connectivity index (χ0v) is 14.5. The van der Waals surface area contributed by atoms with E-state index in [4.69, 9.17) is 11.6 Å². The van der Waals surface area contributed by atoms with Crippen LogP contribution in [0.4, 0.5) is 5.69 Å². The van der Waals surface area contributed by atoms with Crippen molar-refractivity contribution in [1.82, 2.24) is 10.4 Å². The van der Waals surface area contributed by atoms with Crippen molar-refractivity contribution in [2.45, 2.75) is 23.5 Å². The van der Waals surface area contributed by atoms with Crippen molar-refractivity contribution in [2.24, 2.45) is 0 Å². The summed E-state index contributed by atoms with van der Waals surface area (Å²) >= 11 is 5.68. The molecule has 0 bridgehead atoms. The van der Waals surface area contributed by atoms with Gasteiger partial charge in [0.25, 0.3) is 5.91 Å². The Hall–Kier alpha value is -2.32. The quantitative estimate of drug-likeness (QED) is 0.550. The summed E-state index contributed by atoms with van der Waals surface area (Å²) in [7, 11) is -3.63. The molecule has 1 aromatic heterocycles. The van der Waals surface area contributed by atoms with E-state index in [1.165, 1.54) is 37.3 Å². The first kappa shape index (κ1) is 18.0. The average Bonchev–Trinajstić information content (AvgIpc) is 2.51. The van der Waals surface area contributed by atoms with E-state index in [0.717, 1.165) is 0 Å². The van der Waals surface area contributed by atoms with Gasteiger partial charge in [-0.1, -0.05) is 6.07 Å². The molecule has 0 aliphatic carbocycles. The van der Waals surface area contributed by atoms with Crippen LogP contribution < -0.4 is 16.4 Å². The van der Waals surface area contributed by atoms with Crippen molar-refractivity contribution in [1.29, 1.82) is 0 Å². The fourth-order valence-electron chi connectivity index (χ4n) is 1.95. The summed E-state index contributed by atoms with van der Waals surface area (Å²) in [4.78, 5) is 26.0. The van der Waals surface area contributed by atoms with Crippen LogP contribution in [0.15, 0.2) is 46.1 Å². The molecular weight excluding hydrogens is 354 g/mol. The number of pyridine rings is 1. The van der Waals surface area contributed by atoms with Gasteiger partial charge in [-0.25, -0.2) is 8.42 Å². The number of benzene rings is 1. The number of amides is 1. The maximum atomic E-state index is 12.0. The number of anilines is 1. The van der Waals surface area contributed by atoms with Crippen LogP contribution in [-0.4, -0.2) is 24.0 Å². The minimum absolute atomic E-state index is 0.0382. The number of sulfone groups is 1. The summed E-state index contributed by atoms with van der Waals surface area (Å²) in [6.07, 6.45) is 0. The van der Waals surface area contributed by atoms with Crippen LogP contribution in [0.25, 0.3) is 0 Å². The predicted octanol–water partition coefficient (Wildman–Crippen LogP) is 1.80. The second kappa shape index (κ2) is 7.06. The number of halogens is 1. The Balaban J connectivity index is 2.15. The fourth-order valence-corrected chi connectivity index (χ4v) is 3.20. The van der Waals surface area contributed by atoms with Crippen LogP contribution >= 0.6 is 11.6 Å². The van der Waals surface area contributed by atoms with Gasteiger partial charge in [-0.05, 0) is 38.1 Å². The number of H-pyrrole nitrogens is 1. The zero-order chi connectivity index (χ0) is 17.9. The molecular formula is C15H16ClN3O4S.